The van der Waals surface area contributed by atoms with Crippen LogP contribution >= 0.6 is 0 Å². The zero-order chi connectivity index (χ0) is 11.3. The van der Waals surface area contributed by atoms with Crippen molar-refractivity contribution < 1.29 is 14.3 Å². The average Bonchev–Trinajstić information content (AvgIpc) is 2.66. The highest BCUT2D eigenvalue weighted by Gasteiger charge is 2.30. The fourth-order valence-corrected chi connectivity index (χ4v) is 1.73. The first kappa shape index (κ1) is 12.5. The quantitative estimate of drug-likeness (QED) is 0.701. The Labute approximate surface area is 91.1 Å². The molecule has 0 amide bonds. The highest BCUT2D eigenvalue weighted by molar-refractivity contribution is 5.79. The van der Waals surface area contributed by atoms with Crippen molar-refractivity contribution in [3.8, 4) is 0 Å². The molecule has 0 bridgehead atoms. The van der Waals surface area contributed by atoms with Crippen LogP contribution < -0.4 is 5.73 Å². The smallest absolute Gasteiger partial charge is 0.325 e. The van der Waals surface area contributed by atoms with Crippen LogP contribution in [0.1, 0.15) is 39.5 Å². The molecule has 0 aliphatic carbocycles. The number of ether oxygens (including phenoxy) is 2. The minimum absolute atomic E-state index is 0.0753. The molecule has 0 spiro atoms. The summed E-state index contributed by atoms with van der Waals surface area (Å²) in [6.45, 7) is 4.83. The Morgan fingerprint density at radius 1 is 1.67 bits per heavy atom. The second kappa shape index (κ2) is 5.47. The molecule has 0 aromatic heterocycles. The van der Waals surface area contributed by atoms with Crippen molar-refractivity contribution in [1.82, 2.24) is 0 Å². The van der Waals surface area contributed by atoms with Gasteiger partial charge in [0.2, 0.25) is 0 Å². The van der Waals surface area contributed by atoms with Gasteiger partial charge in [-0.1, -0.05) is 13.3 Å². The molecule has 2 atom stereocenters. The Morgan fingerprint density at radius 2 is 2.40 bits per heavy atom. The third-order valence-electron chi connectivity index (χ3n) is 2.66. The fraction of sp³-hybridized carbons (Fsp3) is 0.909. The van der Waals surface area contributed by atoms with Crippen LogP contribution in [0.2, 0.25) is 0 Å². The van der Waals surface area contributed by atoms with E-state index in [1.807, 2.05) is 6.92 Å². The molecule has 0 saturated carbocycles. The number of rotatable bonds is 5. The van der Waals surface area contributed by atoms with Crippen molar-refractivity contribution in [2.24, 2.45) is 5.73 Å². The zero-order valence-electron chi connectivity index (χ0n) is 9.62. The lowest BCUT2D eigenvalue weighted by molar-refractivity contribution is -0.153. The average molecular weight is 215 g/mol. The number of hydrogen-bond donors (Lipinski definition) is 1. The van der Waals surface area contributed by atoms with Crippen LogP contribution in [0.4, 0.5) is 0 Å². The van der Waals surface area contributed by atoms with Crippen LogP contribution in [0, 0.1) is 0 Å². The molecule has 1 rings (SSSR count). The summed E-state index contributed by atoms with van der Waals surface area (Å²) in [5, 5.41) is 0. The summed E-state index contributed by atoms with van der Waals surface area (Å²) >= 11 is 0. The van der Waals surface area contributed by atoms with E-state index in [0.29, 0.717) is 13.0 Å². The van der Waals surface area contributed by atoms with E-state index in [1.54, 1.807) is 6.92 Å². The maximum Gasteiger partial charge on any atom is 0.325 e. The van der Waals surface area contributed by atoms with Crippen molar-refractivity contribution in [2.45, 2.75) is 51.2 Å². The van der Waals surface area contributed by atoms with E-state index in [2.05, 4.69) is 0 Å². The molecule has 88 valence electrons. The van der Waals surface area contributed by atoms with Crippen LogP contribution in [0.3, 0.4) is 0 Å². The van der Waals surface area contributed by atoms with Gasteiger partial charge in [-0.2, -0.15) is 0 Å². The molecule has 1 aliphatic rings. The molecule has 2 N–H and O–H groups in total. The maximum absolute atomic E-state index is 11.6. The molecule has 1 aliphatic heterocycles. The molecule has 2 unspecified atom stereocenters. The Morgan fingerprint density at radius 3 is 2.93 bits per heavy atom. The normalized spacial score (nSPS) is 24.9. The summed E-state index contributed by atoms with van der Waals surface area (Å²) < 4.78 is 10.5. The summed E-state index contributed by atoms with van der Waals surface area (Å²) in [6.07, 6.45) is 3.63. The largest absolute Gasteiger partial charge is 0.462 e. The Bertz CT molecular complexity index is 210. The van der Waals surface area contributed by atoms with E-state index in [0.717, 1.165) is 25.9 Å². The Kier molecular flexibility index (Phi) is 4.54. The molecule has 0 aromatic rings. The van der Waals surface area contributed by atoms with E-state index in [1.165, 1.54) is 0 Å². The Hall–Kier alpha value is -0.610. The summed E-state index contributed by atoms with van der Waals surface area (Å²) in [4.78, 5) is 11.6. The molecule has 15 heavy (non-hydrogen) atoms. The first-order valence-electron chi connectivity index (χ1n) is 5.64. The second-order valence-electron chi connectivity index (χ2n) is 4.40. The summed E-state index contributed by atoms with van der Waals surface area (Å²) in [7, 11) is 0. The van der Waals surface area contributed by atoms with Crippen molar-refractivity contribution in [3.05, 3.63) is 0 Å². The van der Waals surface area contributed by atoms with Gasteiger partial charge < -0.3 is 15.2 Å². The minimum Gasteiger partial charge on any atom is -0.462 e. The molecular formula is C11H21NO3. The van der Waals surface area contributed by atoms with Crippen molar-refractivity contribution in [3.63, 3.8) is 0 Å². The topological polar surface area (TPSA) is 61.6 Å². The molecular weight excluding hydrogens is 194 g/mol. The van der Waals surface area contributed by atoms with Crippen LogP contribution in [0.5, 0.6) is 0 Å². The van der Waals surface area contributed by atoms with Gasteiger partial charge in [0.1, 0.15) is 12.1 Å². The number of carbonyl (C=O) groups is 1. The van der Waals surface area contributed by atoms with Gasteiger partial charge in [-0.15, -0.1) is 0 Å². The third kappa shape index (κ3) is 3.80. The zero-order valence-corrected chi connectivity index (χ0v) is 9.62. The minimum atomic E-state index is -0.854. The maximum atomic E-state index is 11.6. The van der Waals surface area contributed by atoms with Gasteiger partial charge in [-0.3, -0.25) is 4.79 Å². The summed E-state index contributed by atoms with van der Waals surface area (Å²) in [5.41, 5.74) is 4.99. The van der Waals surface area contributed by atoms with E-state index in [4.69, 9.17) is 15.2 Å². The number of esters is 1. The standard InChI is InChI=1S/C11H21NO3/c1-3-6-11(2,12)10(13)15-8-9-5-4-7-14-9/h9H,3-8,12H2,1-2H3. The monoisotopic (exact) mass is 215 g/mol. The first-order chi connectivity index (χ1) is 7.06. The first-order valence-corrected chi connectivity index (χ1v) is 5.64. The Balaban J connectivity index is 2.27. The highest BCUT2D eigenvalue weighted by atomic mass is 16.6. The predicted molar refractivity (Wildman–Crippen MR) is 57.4 cm³/mol. The van der Waals surface area contributed by atoms with Gasteiger partial charge in [0.25, 0.3) is 0 Å². The van der Waals surface area contributed by atoms with E-state index in [-0.39, 0.29) is 12.1 Å². The van der Waals surface area contributed by atoms with Crippen molar-refractivity contribution in [1.29, 1.82) is 0 Å². The highest BCUT2D eigenvalue weighted by Crippen LogP contribution is 2.15. The van der Waals surface area contributed by atoms with Gasteiger partial charge in [0.05, 0.1) is 6.10 Å². The summed E-state index contributed by atoms with van der Waals surface area (Å²) in [5.74, 6) is -0.320. The lowest BCUT2D eigenvalue weighted by Gasteiger charge is -2.22. The van der Waals surface area contributed by atoms with Gasteiger partial charge >= 0.3 is 5.97 Å². The van der Waals surface area contributed by atoms with E-state index in [9.17, 15) is 4.79 Å². The molecule has 1 heterocycles. The fourth-order valence-electron chi connectivity index (χ4n) is 1.73. The van der Waals surface area contributed by atoms with Gasteiger partial charge in [0.15, 0.2) is 0 Å². The lowest BCUT2D eigenvalue weighted by atomic mass is 9.98. The predicted octanol–water partition coefficient (Wildman–Crippen LogP) is 1.23. The van der Waals surface area contributed by atoms with Gasteiger partial charge in [-0.05, 0) is 26.2 Å². The van der Waals surface area contributed by atoms with Crippen molar-refractivity contribution in [2.75, 3.05) is 13.2 Å². The number of nitrogens with two attached hydrogens (primary N) is 1. The molecule has 0 aromatic carbocycles. The lowest BCUT2D eigenvalue weighted by Crippen LogP contribution is -2.46. The SMILES string of the molecule is CCCC(C)(N)C(=O)OCC1CCCO1. The van der Waals surface area contributed by atoms with Crippen LogP contribution in [-0.2, 0) is 14.3 Å². The third-order valence-corrected chi connectivity index (χ3v) is 2.66. The van der Waals surface area contributed by atoms with Crippen LogP contribution in [0.15, 0.2) is 0 Å². The van der Waals surface area contributed by atoms with E-state index >= 15 is 0 Å². The number of hydrogen-bond acceptors (Lipinski definition) is 4. The molecule has 4 nitrogen and oxygen atoms in total. The van der Waals surface area contributed by atoms with E-state index < -0.39 is 5.54 Å². The second-order valence-corrected chi connectivity index (χ2v) is 4.40. The van der Waals surface area contributed by atoms with Crippen LogP contribution in [-0.4, -0.2) is 30.8 Å². The van der Waals surface area contributed by atoms with Crippen molar-refractivity contribution >= 4 is 5.97 Å². The molecule has 4 heteroatoms. The molecule has 0 radical (unpaired) electrons. The molecule has 1 saturated heterocycles. The number of carbonyl (C=O) groups excluding carboxylic acids is 1. The van der Waals surface area contributed by atoms with Crippen LogP contribution in [0.25, 0.3) is 0 Å². The van der Waals surface area contributed by atoms with Gasteiger partial charge in [0, 0.05) is 6.61 Å². The summed E-state index contributed by atoms with van der Waals surface area (Å²) in [6, 6.07) is 0. The van der Waals surface area contributed by atoms with Gasteiger partial charge in [-0.25, -0.2) is 0 Å². The molecule has 1 fully saturated rings.